The van der Waals surface area contributed by atoms with Crippen LogP contribution in [0.15, 0.2) is 42.5 Å². The van der Waals surface area contributed by atoms with Gasteiger partial charge in [0, 0.05) is 24.0 Å². The standard InChI is InChI=1S/C21H24N2O4/c1-25-17-7-4-15(5-8-17)18(23-10-2-3-11-23)13-22-21(24)16-6-9-19-20(12-16)27-14-26-19/h4-9,12,18H,2-3,10-11,13-14H2,1H3,(H,22,24)/p+1/t18-/m0/s1. The molecule has 0 spiro atoms. The number of nitrogens with one attached hydrogen (secondary N) is 2. The van der Waals surface area contributed by atoms with Crippen LogP contribution in [-0.4, -0.2) is 39.4 Å². The smallest absolute Gasteiger partial charge is 0.251 e. The van der Waals surface area contributed by atoms with Gasteiger partial charge in [-0.2, -0.15) is 0 Å². The average molecular weight is 369 g/mol. The quantitative estimate of drug-likeness (QED) is 0.812. The fourth-order valence-corrected chi connectivity index (χ4v) is 3.85. The van der Waals surface area contributed by atoms with E-state index in [1.165, 1.54) is 23.3 Å². The molecule has 1 atom stereocenters. The Hall–Kier alpha value is -2.73. The molecule has 0 bridgehead atoms. The van der Waals surface area contributed by atoms with E-state index in [2.05, 4.69) is 17.4 Å². The first-order valence-corrected chi connectivity index (χ1v) is 9.41. The fraction of sp³-hybridized carbons (Fsp3) is 0.381. The fourth-order valence-electron chi connectivity index (χ4n) is 3.85. The molecule has 0 saturated carbocycles. The number of ether oxygens (including phenoxy) is 3. The molecule has 1 amide bonds. The van der Waals surface area contributed by atoms with Crippen LogP contribution in [-0.2, 0) is 0 Å². The minimum absolute atomic E-state index is 0.0922. The van der Waals surface area contributed by atoms with Gasteiger partial charge in [0.05, 0.1) is 26.7 Å². The molecule has 27 heavy (non-hydrogen) atoms. The summed E-state index contributed by atoms with van der Waals surface area (Å²) in [6.45, 7) is 3.07. The number of hydrogen-bond acceptors (Lipinski definition) is 4. The topological polar surface area (TPSA) is 61.2 Å². The lowest BCUT2D eigenvalue weighted by Gasteiger charge is -2.25. The molecule has 0 unspecified atom stereocenters. The first-order valence-electron chi connectivity index (χ1n) is 9.41. The van der Waals surface area contributed by atoms with Crippen LogP contribution in [0.5, 0.6) is 17.2 Å². The highest BCUT2D eigenvalue weighted by atomic mass is 16.7. The Morgan fingerprint density at radius 2 is 1.85 bits per heavy atom. The van der Waals surface area contributed by atoms with Gasteiger partial charge in [0.25, 0.3) is 5.91 Å². The number of quaternary nitrogens is 1. The molecule has 1 fully saturated rings. The number of hydrogen-bond donors (Lipinski definition) is 2. The summed E-state index contributed by atoms with van der Waals surface area (Å²) in [6, 6.07) is 13.7. The van der Waals surface area contributed by atoms with Crippen LogP contribution in [0.1, 0.15) is 34.8 Å². The van der Waals surface area contributed by atoms with Crippen molar-refractivity contribution in [3.63, 3.8) is 0 Å². The molecule has 2 aliphatic heterocycles. The van der Waals surface area contributed by atoms with Gasteiger partial charge in [-0.3, -0.25) is 4.79 Å². The van der Waals surface area contributed by atoms with Crippen molar-refractivity contribution in [3.8, 4) is 17.2 Å². The van der Waals surface area contributed by atoms with E-state index in [1.807, 2.05) is 12.1 Å². The number of amides is 1. The number of fused-ring (bicyclic) bond motifs is 1. The maximum absolute atomic E-state index is 12.7. The van der Waals surface area contributed by atoms with E-state index in [-0.39, 0.29) is 18.7 Å². The van der Waals surface area contributed by atoms with Gasteiger partial charge in [0.2, 0.25) is 6.79 Å². The second kappa shape index (κ2) is 7.88. The highest BCUT2D eigenvalue weighted by Crippen LogP contribution is 2.32. The van der Waals surface area contributed by atoms with Gasteiger partial charge >= 0.3 is 0 Å². The minimum Gasteiger partial charge on any atom is -0.497 e. The molecule has 142 valence electrons. The molecular formula is C21H25N2O4+. The van der Waals surface area contributed by atoms with E-state index < -0.39 is 0 Å². The van der Waals surface area contributed by atoms with Crippen molar-refractivity contribution < 1.29 is 23.9 Å². The van der Waals surface area contributed by atoms with Gasteiger partial charge in [0.1, 0.15) is 11.8 Å². The summed E-state index contributed by atoms with van der Waals surface area (Å²) in [7, 11) is 1.67. The first-order chi connectivity index (χ1) is 13.2. The van der Waals surface area contributed by atoms with Crippen molar-refractivity contribution in [1.29, 1.82) is 0 Å². The Bertz CT molecular complexity index is 800. The zero-order chi connectivity index (χ0) is 18.6. The summed E-state index contributed by atoms with van der Waals surface area (Å²) in [6.07, 6.45) is 2.47. The van der Waals surface area contributed by atoms with Crippen molar-refractivity contribution in [3.05, 3.63) is 53.6 Å². The molecule has 1 saturated heterocycles. The predicted octanol–water partition coefficient (Wildman–Crippen LogP) is 1.57. The molecule has 6 nitrogen and oxygen atoms in total. The third kappa shape index (κ3) is 3.85. The van der Waals surface area contributed by atoms with E-state index in [4.69, 9.17) is 14.2 Å². The van der Waals surface area contributed by atoms with Crippen molar-refractivity contribution in [2.24, 2.45) is 0 Å². The summed E-state index contributed by atoms with van der Waals surface area (Å²) in [4.78, 5) is 14.2. The molecule has 2 aliphatic rings. The van der Waals surface area contributed by atoms with E-state index in [0.717, 1.165) is 18.8 Å². The maximum atomic E-state index is 12.7. The number of methoxy groups -OCH3 is 1. The third-order valence-corrected chi connectivity index (χ3v) is 5.36. The number of carbonyl (C=O) groups excluding carboxylic acids is 1. The first kappa shape index (κ1) is 17.7. The SMILES string of the molecule is COc1ccc([C@H](CNC(=O)c2ccc3c(c2)OCO3)[NH+]2CCCC2)cc1. The van der Waals surface area contributed by atoms with Crippen LogP contribution in [0.4, 0.5) is 0 Å². The van der Waals surface area contributed by atoms with Crippen molar-refractivity contribution in [2.75, 3.05) is 33.5 Å². The van der Waals surface area contributed by atoms with E-state index in [0.29, 0.717) is 23.6 Å². The lowest BCUT2D eigenvalue weighted by molar-refractivity contribution is -0.918. The van der Waals surface area contributed by atoms with E-state index in [9.17, 15) is 4.79 Å². The van der Waals surface area contributed by atoms with Crippen LogP contribution in [0, 0.1) is 0 Å². The zero-order valence-corrected chi connectivity index (χ0v) is 15.5. The molecule has 4 rings (SSSR count). The molecule has 6 heteroatoms. The Balaban J connectivity index is 1.47. The van der Waals surface area contributed by atoms with Gasteiger partial charge in [0.15, 0.2) is 11.5 Å². The van der Waals surface area contributed by atoms with Gasteiger partial charge in [-0.1, -0.05) is 0 Å². The molecule has 0 radical (unpaired) electrons. The normalized spacial score (nSPS) is 16.9. The molecule has 0 aromatic heterocycles. The minimum atomic E-state index is -0.0922. The van der Waals surface area contributed by atoms with Crippen molar-refractivity contribution in [1.82, 2.24) is 5.32 Å². The molecule has 2 aromatic carbocycles. The second-order valence-electron chi connectivity index (χ2n) is 6.97. The van der Waals surface area contributed by atoms with Crippen LogP contribution in [0.25, 0.3) is 0 Å². The maximum Gasteiger partial charge on any atom is 0.251 e. The van der Waals surface area contributed by atoms with Crippen LogP contribution in [0.2, 0.25) is 0 Å². The summed E-state index contributed by atoms with van der Waals surface area (Å²) in [5, 5.41) is 3.11. The van der Waals surface area contributed by atoms with Crippen molar-refractivity contribution >= 4 is 5.91 Å². The van der Waals surface area contributed by atoms with Crippen LogP contribution >= 0.6 is 0 Å². The number of carbonyl (C=O) groups is 1. The Morgan fingerprint density at radius 1 is 1.11 bits per heavy atom. The molecule has 0 aliphatic carbocycles. The zero-order valence-electron chi connectivity index (χ0n) is 15.5. The highest BCUT2D eigenvalue weighted by Gasteiger charge is 2.28. The van der Waals surface area contributed by atoms with Gasteiger partial charge in [-0.25, -0.2) is 0 Å². The summed E-state index contributed by atoms with van der Waals surface area (Å²) < 4.78 is 15.9. The van der Waals surface area contributed by atoms with Gasteiger partial charge in [-0.15, -0.1) is 0 Å². The van der Waals surface area contributed by atoms with Crippen molar-refractivity contribution in [2.45, 2.75) is 18.9 Å². The monoisotopic (exact) mass is 369 g/mol. The molecule has 2 heterocycles. The second-order valence-corrected chi connectivity index (χ2v) is 6.97. The lowest BCUT2D eigenvalue weighted by atomic mass is 10.0. The Labute approximate surface area is 159 Å². The van der Waals surface area contributed by atoms with Gasteiger partial charge < -0.3 is 24.4 Å². The summed E-state index contributed by atoms with van der Waals surface area (Å²) in [5.41, 5.74) is 1.81. The summed E-state index contributed by atoms with van der Waals surface area (Å²) in [5.74, 6) is 2.06. The third-order valence-electron chi connectivity index (χ3n) is 5.36. The largest absolute Gasteiger partial charge is 0.497 e. The average Bonchev–Trinajstić information content (AvgIpc) is 3.40. The van der Waals surface area contributed by atoms with Crippen LogP contribution in [0.3, 0.4) is 0 Å². The highest BCUT2D eigenvalue weighted by molar-refractivity contribution is 5.94. The summed E-state index contributed by atoms with van der Waals surface area (Å²) >= 11 is 0. The number of benzene rings is 2. The van der Waals surface area contributed by atoms with Gasteiger partial charge in [-0.05, 0) is 42.5 Å². The number of rotatable bonds is 6. The predicted molar refractivity (Wildman–Crippen MR) is 101 cm³/mol. The van der Waals surface area contributed by atoms with E-state index in [1.54, 1.807) is 25.3 Å². The Kier molecular flexibility index (Phi) is 5.16. The Morgan fingerprint density at radius 3 is 2.59 bits per heavy atom. The van der Waals surface area contributed by atoms with E-state index >= 15 is 0 Å². The molecule has 2 aromatic rings. The lowest BCUT2D eigenvalue weighted by Crippen LogP contribution is -3.11. The molecular weight excluding hydrogens is 344 g/mol. The van der Waals surface area contributed by atoms with Crippen LogP contribution < -0.4 is 24.4 Å². The number of likely N-dealkylation sites (tertiary alicyclic amines) is 1. The molecule has 2 N–H and O–H groups in total.